The van der Waals surface area contributed by atoms with Crippen molar-refractivity contribution in [2.24, 2.45) is 17.8 Å². The molecule has 5 unspecified atom stereocenters. The van der Waals surface area contributed by atoms with Gasteiger partial charge < -0.3 is 18.9 Å². The molecule has 4 nitrogen and oxygen atoms in total. The Hall–Kier alpha value is -2.36. The summed E-state index contributed by atoms with van der Waals surface area (Å²) in [5.74, 6) is 5.70. The van der Waals surface area contributed by atoms with Crippen molar-refractivity contribution in [1.82, 2.24) is 0 Å². The van der Waals surface area contributed by atoms with Gasteiger partial charge in [-0.25, -0.2) is 0 Å². The molecule has 2 aliphatic carbocycles. The molecule has 156 valence electrons. The Balaban J connectivity index is 1.97. The van der Waals surface area contributed by atoms with E-state index in [1.807, 2.05) is 6.07 Å². The van der Waals surface area contributed by atoms with E-state index in [1.165, 1.54) is 22.3 Å². The molecule has 5 atom stereocenters. The Morgan fingerprint density at radius 1 is 0.724 bits per heavy atom. The highest BCUT2D eigenvalue weighted by Gasteiger charge is 2.48. The lowest BCUT2D eigenvalue weighted by Gasteiger charge is -2.36. The molecule has 0 heterocycles. The fourth-order valence-corrected chi connectivity index (χ4v) is 5.84. The normalized spacial score (nSPS) is 27.3. The van der Waals surface area contributed by atoms with Crippen molar-refractivity contribution < 1.29 is 18.9 Å². The number of benzene rings is 2. The van der Waals surface area contributed by atoms with Gasteiger partial charge in [-0.05, 0) is 65.0 Å². The first kappa shape index (κ1) is 19.9. The van der Waals surface area contributed by atoms with Crippen molar-refractivity contribution >= 4 is 0 Å². The molecule has 29 heavy (non-hydrogen) atoms. The van der Waals surface area contributed by atoms with Gasteiger partial charge in [-0.3, -0.25) is 0 Å². The van der Waals surface area contributed by atoms with Crippen LogP contribution in [0, 0.1) is 17.8 Å². The second kappa shape index (κ2) is 7.47. The largest absolute Gasteiger partial charge is 0.493 e. The second-order valence-electron chi connectivity index (χ2n) is 8.62. The van der Waals surface area contributed by atoms with Gasteiger partial charge in [0.2, 0.25) is 0 Å². The molecule has 0 amide bonds. The van der Waals surface area contributed by atoms with E-state index in [4.69, 9.17) is 18.9 Å². The molecule has 0 aromatic heterocycles. The van der Waals surface area contributed by atoms with Gasteiger partial charge in [0.05, 0.1) is 28.4 Å². The van der Waals surface area contributed by atoms with Crippen LogP contribution in [-0.2, 0) is 6.42 Å². The zero-order chi connectivity index (χ0) is 20.9. The summed E-state index contributed by atoms with van der Waals surface area (Å²) < 4.78 is 22.8. The van der Waals surface area contributed by atoms with E-state index in [2.05, 4.69) is 39.0 Å². The average Bonchev–Trinajstić information content (AvgIpc) is 3.04. The molecule has 2 aromatic rings. The molecule has 4 heteroatoms. The van der Waals surface area contributed by atoms with Gasteiger partial charge in [0.1, 0.15) is 0 Å². The van der Waals surface area contributed by atoms with Crippen molar-refractivity contribution in [3.8, 4) is 23.0 Å². The van der Waals surface area contributed by atoms with Crippen LogP contribution >= 0.6 is 0 Å². The third-order valence-corrected chi connectivity index (χ3v) is 7.34. The van der Waals surface area contributed by atoms with E-state index >= 15 is 0 Å². The number of rotatable bonds is 5. The zero-order valence-corrected chi connectivity index (χ0v) is 18.5. The molecular formula is C25H32O4. The van der Waals surface area contributed by atoms with Crippen molar-refractivity contribution in [3.05, 3.63) is 46.5 Å². The van der Waals surface area contributed by atoms with Gasteiger partial charge in [0, 0.05) is 11.5 Å². The van der Waals surface area contributed by atoms with Crippen LogP contribution < -0.4 is 18.9 Å². The van der Waals surface area contributed by atoms with Crippen molar-refractivity contribution in [2.75, 3.05) is 28.4 Å². The summed E-state index contributed by atoms with van der Waals surface area (Å²) in [6.45, 7) is 7.17. The summed E-state index contributed by atoms with van der Waals surface area (Å²) in [5.41, 5.74) is 5.44. The van der Waals surface area contributed by atoms with Crippen molar-refractivity contribution in [3.63, 3.8) is 0 Å². The predicted octanol–water partition coefficient (Wildman–Crippen LogP) is 5.41. The fraction of sp³-hybridized carbons (Fsp3) is 0.520. The quantitative estimate of drug-likeness (QED) is 0.677. The third kappa shape index (κ3) is 2.87. The highest BCUT2D eigenvalue weighted by Crippen LogP contribution is 2.61. The zero-order valence-electron chi connectivity index (χ0n) is 18.5. The summed E-state index contributed by atoms with van der Waals surface area (Å²) in [6, 6.07) is 8.50. The summed E-state index contributed by atoms with van der Waals surface area (Å²) in [6.07, 6.45) is 1.09. The summed E-state index contributed by atoms with van der Waals surface area (Å²) in [4.78, 5) is 0. The van der Waals surface area contributed by atoms with Crippen LogP contribution in [0.25, 0.3) is 0 Å². The van der Waals surface area contributed by atoms with E-state index < -0.39 is 0 Å². The van der Waals surface area contributed by atoms with Crippen molar-refractivity contribution in [1.29, 1.82) is 0 Å². The number of hydrogen-bond donors (Lipinski definition) is 0. The van der Waals surface area contributed by atoms with Crippen LogP contribution in [0.3, 0.4) is 0 Å². The minimum absolute atomic E-state index is 0.228. The molecule has 0 aliphatic heterocycles. The van der Waals surface area contributed by atoms with E-state index in [0.717, 1.165) is 29.4 Å². The molecule has 0 fully saturated rings. The Bertz CT molecular complexity index is 920. The number of hydrogen-bond acceptors (Lipinski definition) is 4. The van der Waals surface area contributed by atoms with Crippen LogP contribution in [0.15, 0.2) is 24.3 Å². The lowest BCUT2D eigenvalue weighted by molar-refractivity contribution is 0.250. The SMILES string of the molecule is COc1ccc(C2c3c(OC)c(OC)cc4c3C(C(C)C(C)C4)C2C)cc1OC. The highest BCUT2D eigenvalue weighted by atomic mass is 16.5. The molecule has 0 radical (unpaired) electrons. The minimum Gasteiger partial charge on any atom is -0.493 e. The average molecular weight is 397 g/mol. The molecule has 2 aromatic carbocycles. The minimum atomic E-state index is 0.228. The number of methoxy groups -OCH3 is 4. The van der Waals surface area contributed by atoms with E-state index in [1.54, 1.807) is 28.4 Å². The van der Waals surface area contributed by atoms with E-state index in [9.17, 15) is 0 Å². The summed E-state index contributed by atoms with van der Waals surface area (Å²) in [7, 11) is 6.84. The van der Waals surface area contributed by atoms with Crippen molar-refractivity contribution in [2.45, 2.75) is 39.0 Å². The summed E-state index contributed by atoms with van der Waals surface area (Å²) in [5, 5.41) is 0. The Kier molecular flexibility index (Phi) is 5.14. The molecule has 0 spiro atoms. The molecule has 0 saturated heterocycles. The predicted molar refractivity (Wildman–Crippen MR) is 115 cm³/mol. The monoisotopic (exact) mass is 396 g/mol. The molecule has 0 bridgehead atoms. The number of ether oxygens (including phenoxy) is 4. The Morgan fingerprint density at radius 2 is 1.41 bits per heavy atom. The summed E-state index contributed by atoms with van der Waals surface area (Å²) >= 11 is 0. The fourth-order valence-electron chi connectivity index (χ4n) is 5.84. The van der Waals surface area contributed by atoms with Gasteiger partial charge in [0.15, 0.2) is 23.0 Å². The first-order valence-corrected chi connectivity index (χ1v) is 10.5. The maximum absolute atomic E-state index is 5.93. The van der Waals surface area contributed by atoms with E-state index in [0.29, 0.717) is 23.7 Å². The molecule has 4 rings (SSSR count). The topological polar surface area (TPSA) is 36.9 Å². The van der Waals surface area contributed by atoms with Crippen LogP contribution in [0.4, 0.5) is 0 Å². The van der Waals surface area contributed by atoms with E-state index in [-0.39, 0.29) is 5.92 Å². The molecule has 0 N–H and O–H groups in total. The first-order chi connectivity index (χ1) is 14.0. The van der Waals surface area contributed by atoms with Gasteiger partial charge in [0.25, 0.3) is 0 Å². The van der Waals surface area contributed by atoms with Gasteiger partial charge >= 0.3 is 0 Å². The maximum Gasteiger partial charge on any atom is 0.164 e. The molecule has 0 saturated carbocycles. The van der Waals surface area contributed by atoms with Crippen LogP contribution in [0.5, 0.6) is 23.0 Å². The third-order valence-electron chi connectivity index (χ3n) is 7.34. The Morgan fingerprint density at radius 3 is 2.03 bits per heavy atom. The lowest BCUT2D eigenvalue weighted by Crippen LogP contribution is -2.27. The Labute approximate surface area is 174 Å². The lowest BCUT2D eigenvalue weighted by atomic mass is 9.68. The smallest absolute Gasteiger partial charge is 0.164 e. The van der Waals surface area contributed by atoms with Gasteiger partial charge in [-0.2, -0.15) is 0 Å². The maximum atomic E-state index is 5.93. The molecule has 2 aliphatic rings. The van der Waals surface area contributed by atoms with Crippen LogP contribution in [0.1, 0.15) is 54.9 Å². The second-order valence-corrected chi connectivity index (χ2v) is 8.62. The van der Waals surface area contributed by atoms with Crippen LogP contribution in [0.2, 0.25) is 0 Å². The highest BCUT2D eigenvalue weighted by molar-refractivity contribution is 5.64. The van der Waals surface area contributed by atoms with Crippen LogP contribution in [-0.4, -0.2) is 28.4 Å². The van der Waals surface area contributed by atoms with Gasteiger partial charge in [-0.15, -0.1) is 0 Å². The van der Waals surface area contributed by atoms with Gasteiger partial charge in [-0.1, -0.05) is 26.8 Å². The standard InChI is InChI=1S/C25H32O4/c1-13-10-17-12-20(28-6)25(29-7)24-22(15(3)21(14(13)2)23(17)24)16-8-9-18(26-4)19(11-16)27-5/h8-9,11-15,21-22H,10H2,1-7H3. The molecular weight excluding hydrogens is 364 g/mol. The first-order valence-electron chi connectivity index (χ1n) is 10.5.